The molecule has 0 unspecified atom stereocenters. The number of methoxy groups -OCH3 is 4. The summed E-state index contributed by atoms with van der Waals surface area (Å²) in [7, 11) is 6.12. The fourth-order valence-electron chi connectivity index (χ4n) is 3.69. The molecule has 0 aliphatic rings. The Kier molecular flexibility index (Phi) is 10.9. The van der Waals surface area contributed by atoms with Crippen LogP contribution in [0.15, 0.2) is 45.9 Å². The number of ether oxygens (including phenoxy) is 4. The average molecular weight is 632 g/mol. The van der Waals surface area contributed by atoms with Gasteiger partial charge in [-0.25, -0.2) is 0 Å². The maximum atomic E-state index is 13.0. The molecule has 0 saturated carbocycles. The second kappa shape index (κ2) is 14.7. The Morgan fingerprint density at radius 3 is 2.36 bits per heavy atom. The van der Waals surface area contributed by atoms with E-state index in [9.17, 15) is 9.59 Å². The lowest BCUT2D eigenvalue weighted by Gasteiger charge is -2.15. The largest absolute Gasteiger partial charge is 0.497 e. The maximum absolute atomic E-state index is 13.0. The van der Waals surface area contributed by atoms with Gasteiger partial charge in [-0.1, -0.05) is 41.8 Å². The van der Waals surface area contributed by atoms with Gasteiger partial charge in [-0.3, -0.25) is 19.5 Å². The molecule has 0 radical (unpaired) electrons. The quantitative estimate of drug-likeness (QED) is 0.153. The van der Waals surface area contributed by atoms with Gasteiger partial charge in [0.2, 0.25) is 11.0 Å². The lowest BCUT2D eigenvalue weighted by molar-refractivity contribution is -0.113. The minimum absolute atomic E-state index is 0.0238. The van der Waals surface area contributed by atoms with Crippen molar-refractivity contribution >= 4 is 51.8 Å². The molecule has 0 atom stereocenters. The van der Waals surface area contributed by atoms with Crippen LogP contribution in [-0.2, 0) is 11.3 Å². The number of hydrogen-bond donors (Lipinski definition) is 2. The van der Waals surface area contributed by atoms with Crippen LogP contribution in [0.1, 0.15) is 23.1 Å². The summed E-state index contributed by atoms with van der Waals surface area (Å²) in [6.07, 6.45) is 0. The Hall–Kier alpha value is -4.02. The van der Waals surface area contributed by atoms with Gasteiger partial charge in [-0.15, -0.1) is 20.4 Å². The first kappa shape index (κ1) is 30.9. The number of nitrogens with one attached hydrogen (secondary N) is 2. The van der Waals surface area contributed by atoms with Crippen molar-refractivity contribution in [3.63, 3.8) is 0 Å². The second-order valence-electron chi connectivity index (χ2n) is 8.17. The summed E-state index contributed by atoms with van der Waals surface area (Å²) in [5.41, 5.74) is 0.951. The summed E-state index contributed by atoms with van der Waals surface area (Å²) in [6, 6.07) is 10.2. The van der Waals surface area contributed by atoms with E-state index in [4.69, 9.17) is 18.9 Å². The first-order valence-corrected chi connectivity index (χ1v) is 15.2. The normalized spacial score (nSPS) is 10.7. The molecule has 4 rings (SSSR count). The zero-order valence-electron chi connectivity index (χ0n) is 23.5. The molecule has 16 heteroatoms. The van der Waals surface area contributed by atoms with Crippen LogP contribution < -0.4 is 29.6 Å². The standard InChI is InChI=1S/C26H29N7O6S3/c1-6-40-26-32-30-24(42-26)28-22(34)14-41-25-31-29-21(33(25)17-12-16(36-2)8-10-18(17)37-3)13-27-23(35)15-7-9-19(38-4)20(11-15)39-5/h7-12H,6,13-14H2,1-5H3,(H,27,35)(H,28,30,34). The van der Waals surface area contributed by atoms with Crippen LogP contribution in [0.25, 0.3) is 5.69 Å². The number of nitrogens with zero attached hydrogens (tertiary/aromatic N) is 5. The van der Waals surface area contributed by atoms with Crippen LogP contribution in [0.3, 0.4) is 0 Å². The molecule has 4 aromatic rings. The first-order valence-electron chi connectivity index (χ1n) is 12.5. The van der Waals surface area contributed by atoms with Gasteiger partial charge in [0.1, 0.15) is 11.5 Å². The van der Waals surface area contributed by atoms with E-state index < -0.39 is 0 Å². The molecule has 2 aromatic heterocycles. The highest BCUT2D eigenvalue weighted by molar-refractivity contribution is 8.01. The third-order valence-electron chi connectivity index (χ3n) is 5.63. The Balaban J connectivity index is 1.57. The molecule has 13 nitrogen and oxygen atoms in total. The van der Waals surface area contributed by atoms with Gasteiger partial charge >= 0.3 is 0 Å². The van der Waals surface area contributed by atoms with E-state index in [1.54, 1.807) is 66.9 Å². The molecule has 222 valence electrons. The number of carbonyl (C=O) groups excluding carboxylic acids is 2. The maximum Gasteiger partial charge on any atom is 0.251 e. The average Bonchev–Trinajstić information content (AvgIpc) is 3.64. The molecule has 0 spiro atoms. The number of carbonyl (C=O) groups is 2. The lowest BCUT2D eigenvalue weighted by atomic mass is 10.2. The zero-order valence-corrected chi connectivity index (χ0v) is 25.9. The predicted octanol–water partition coefficient (Wildman–Crippen LogP) is 3.93. The summed E-state index contributed by atoms with van der Waals surface area (Å²) in [5, 5.41) is 23.2. The van der Waals surface area contributed by atoms with Crippen molar-refractivity contribution in [1.82, 2.24) is 30.3 Å². The predicted molar refractivity (Wildman–Crippen MR) is 161 cm³/mol. The lowest BCUT2D eigenvalue weighted by Crippen LogP contribution is -2.25. The molecular weight excluding hydrogens is 603 g/mol. The minimum Gasteiger partial charge on any atom is -0.497 e. The van der Waals surface area contributed by atoms with E-state index in [1.165, 1.54) is 37.3 Å². The van der Waals surface area contributed by atoms with Crippen LogP contribution in [0.2, 0.25) is 0 Å². The smallest absolute Gasteiger partial charge is 0.251 e. The van der Waals surface area contributed by atoms with Gasteiger partial charge in [0.15, 0.2) is 26.8 Å². The zero-order chi connectivity index (χ0) is 30.1. The van der Waals surface area contributed by atoms with E-state index in [-0.39, 0.29) is 24.1 Å². The SMILES string of the molecule is CCSc1nnc(NC(=O)CSc2nnc(CNC(=O)c3ccc(OC)c(OC)c3)n2-c2cc(OC)ccc2OC)s1. The van der Waals surface area contributed by atoms with Crippen LogP contribution in [0, 0.1) is 0 Å². The Morgan fingerprint density at radius 1 is 0.881 bits per heavy atom. The fraction of sp³-hybridized carbons (Fsp3) is 0.308. The topological polar surface area (TPSA) is 152 Å². The summed E-state index contributed by atoms with van der Waals surface area (Å²) >= 11 is 4.04. The number of benzene rings is 2. The van der Waals surface area contributed by atoms with Gasteiger partial charge < -0.3 is 24.3 Å². The highest BCUT2D eigenvalue weighted by Crippen LogP contribution is 2.33. The molecule has 42 heavy (non-hydrogen) atoms. The molecule has 2 N–H and O–H groups in total. The van der Waals surface area contributed by atoms with Crippen LogP contribution in [0.4, 0.5) is 5.13 Å². The van der Waals surface area contributed by atoms with Crippen molar-refractivity contribution in [2.45, 2.75) is 23.0 Å². The second-order valence-corrected chi connectivity index (χ2v) is 11.6. The summed E-state index contributed by atoms with van der Waals surface area (Å²) in [5.74, 6) is 2.70. The van der Waals surface area contributed by atoms with Crippen molar-refractivity contribution in [3.05, 3.63) is 47.8 Å². The molecule has 2 aromatic carbocycles. The number of amides is 2. The molecule has 0 bridgehead atoms. The summed E-state index contributed by atoms with van der Waals surface area (Å²) in [4.78, 5) is 25.7. The van der Waals surface area contributed by atoms with Gasteiger partial charge in [0, 0.05) is 11.6 Å². The Morgan fingerprint density at radius 2 is 1.64 bits per heavy atom. The molecule has 2 heterocycles. The molecule has 0 aliphatic heterocycles. The molecule has 2 amide bonds. The van der Waals surface area contributed by atoms with Gasteiger partial charge in [-0.2, -0.15) is 0 Å². The molecule has 0 aliphatic carbocycles. The Labute approximate surface area is 254 Å². The molecule has 0 saturated heterocycles. The Bertz CT molecular complexity index is 1540. The number of aromatic nitrogens is 5. The fourth-order valence-corrected chi connectivity index (χ4v) is 6.12. The molecule has 0 fully saturated rings. The number of anilines is 1. The third kappa shape index (κ3) is 7.43. The number of hydrogen-bond acceptors (Lipinski definition) is 13. The highest BCUT2D eigenvalue weighted by Gasteiger charge is 2.21. The van der Waals surface area contributed by atoms with Crippen molar-refractivity contribution < 1.29 is 28.5 Å². The van der Waals surface area contributed by atoms with E-state index >= 15 is 0 Å². The van der Waals surface area contributed by atoms with Gasteiger partial charge in [-0.05, 0) is 36.1 Å². The van der Waals surface area contributed by atoms with Crippen molar-refractivity contribution in [2.24, 2.45) is 0 Å². The van der Waals surface area contributed by atoms with E-state index in [0.29, 0.717) is 50.4 Å². The van der Waals surface area contributed by atoms with Crippen molar-refractivity contribution in [1.29, 1.82) is 0 Å². The number of rotatable bonds is 14. The summed E-state index contributed by atoms with van der Waals surface area (Å²) in [6.45, 7) is 2.04. The van der Waals surface area contributed by atoms with E-state index in [2.05, 4.69) is 31.0 Å². The van der Waals surface area contributed by atoms with Crippen LogP contribution in [-0.4, -0.2) is 76.7 Å². The highest BCUT2D eigenvalue weighted by atomic mass is 32.2. The van der Waals surface area contributed by atoms with Gasteiger partial charge in [0.05, 0.1) is 46.4 Å². The number of thioether (sulfide) groups is 2. The van der Waals surface area contributed by atoms with Gasteiger partial charge in [0.25, 0.3) is 5.91 Å². The monoisotopic (exact) mass is 631 g/mol. The third-order valence-corrected chi connectivity index (χ3v) is 8.42. The minimum atomic E-state index is -0.352. The van der Waals surface area contributed by atoms with E-state index in [0.717, 1.165) is 10.1 Å². The first-order chi connectivity index (χ1) is 20.4. The van der Waals surface area contributed by atoms with Crippen LogP contribution >= 0.6 is 34.9 Å². The van der Waals surface area contributed by atoms with Crippen molar-refractivity contribution in [3.8, 4) is 28.7 Å². The van der Waals surface area contributed by atoms with Crippen LogP contribution in [0.5, 0.6) is 23.0 Å². The van der Waals surface area contributed by atoms with Crippen molar-refractivity contribution in [2.75, 3.05) is 45.3 Å². The van der Waals surface area contributed by atoms with E-state index in [1.807, 2.05) is 6.92 Å². The molecular formula is C26H29N7O6S3. The summed E-state index contributed by atoms with van der Waals surface area (Å²) < 4.78 is 24.1.